The van der Waals surface area contributed by atoms with Crippen LogP contribution in [-0.2, 0) is 5.41 Å². The minimum Gasteiger partial charge on any atom is -0.456 e. The molecule has 10 aromatic rings. The highest BCUT2D eigenvalue weighted by Crippen LogP contribution is 2.51. The molecule has 254 valence electrons. The maximum Gasteiger partial charge on any atom is 0.137 e. The third kappa shape index (κ3) is 5.23. The number of anilines is 3. The number of nitrogens with zero attached hydrogens (tertiary/aromatic N) is 1. The largest absolute Gasteiger partial charge is 0.456 e. The van der Waals surface area contributed by atoms with Crippen LogP contribution in [-0.4, -0.2) is 0 Å². The van der Waals surface area contributed by atoms with E-state index in [-0.39, 0.29) is 5.41 Å². The second-order valence-electron chi connectivity index (χ2n) is 14.9. The van der Waals surface area contributed by atoms with Crippen molar-refractivity contribution in [1.29, 1.82) is 0 Å². The van der Waals surface area contributed by atoms with Gasteiger partial charge in [0.1, 0.15) is 11.2 Å². The van der Waals surface area contributed by atoms with Crippen LogP contribution in [0.1, 0.15) is 26.3 Å². The van der Waals surface area contributed by atoms with Crippen LogP contribution in [0, 0.1) is 0 Å². The first kappa shape index (κ1) is 31.6. The van der Waals surface area contributed by atoms with Gasteiger partial charge in [-0.15, -0.1) is 11.3 Å². The van der Waals surface area contributed by atoms with Gasteiger partial charge in [0.25, 0.3) is 0 Å². The van der Waals surface area contributed by atoms with Gasteiger partial charge in [0.2, 0.25) is 0 Å². The summed E-state index contributed by atoms with van der Waals surface area (Å²) in [5.74, 6) is 0. The Morgan fingerprint density at radius 3 is 2.04 bits per heavy atom. The monoisotopic (exact) mass is 699 g/mol. The van der Waals surface area contributed by atoms with Crippen molar-refractivity contribution in [2.75, 3.05) is 4.90 Å². The first-order valence-corrected chi connectivity index (χ1v) is 19.1. The van der Waals surface area contributed by atoms with Gasteiger partial charge >= 0.3 is 0 Å². The molecule has 0 N–H and O–H groups in total. The Balaban J connectivity index is 1.33. The minimum absolute atomic E-state index is 0.0228. The fraction of sp³-hybridized carbons (Fsp3) is 0.0800. The van der Waals surface area contributed by atoms with E-state index in [0.29, 0.717) is 0 Å². The molecule has 0 amide bonds. The van der Waals surface area contributed by atoms with Gasteiger partial charge in [-0.25, -0.2) is 0 Å². The summed E-state index contributed by atoms with van der Waals surface area (Å²) < 4.78 is 9.14. The van der Waals surface area contributed by atoms with Crippen molar-refractivity contribution in [3.63, 3.8) is 0 Å². The van der Waals surface area contributed by atoms with E-state index in [1.165, 1.54) is 58.8 Å². The highest BCUT2D eigenvalue weighted by Gasteiger charge is 2.26. The van der Waals surface area contributed by atoms with Crippen LogP contribution in [0.25, 0.3) is 75.1 Å². The summed E-state index contributed by atoms with van der Waals surface area (Å²) in [6.45, 7) is 6.87. The molecule has 2 aromatic heterocycles. The average molecular weight is 700 g/mol. The van der Waals surface area contributed by atoms with Crippen molar-refractivity contribution in [3.05, 3.63) is 175 Å². The van der Waals surface area contributed by atoms with Gasteiger partial charge in [-0.05, 0) is 69.8 Å². The summed E-state index contributed by atoms with van der Waals surface area (Å²) in [5, 5.41) is 7.26. The van der Waals surface area contributed by atoms with Crippen LogP contribution >= 0.6 is 11.3 Å². The Morgan fingerprint density at radius 2 is 1.19 bits per heavy atom. The maximum atomic E-state index is 6.55. The molecule has 0 aliphatic heterocycles. The first-order valence-electron chi connectivity index (χ1n) is 18.3. The number of benzene rings is 8. The van der Waals surface area contributed by atoms with Gasteiger partial charge in [0.15, 0.2) is 0 Å². The first-order chi connectivity index (χ1) is 25.9. The lowest BCUT2D eigenvalue weighted by Gasteiger charge is -2.32. The zero-order valence-corrected chi connectivity index (χ0v) is 30.7. The Morgan fingerprint density at radius 1 is 0.491 bits per heavy atom. The van der Waals surface area contributed by atoms with E-state index in [1.807, 2.05) is 17.4 Å². The second-order valence-corrected chi connectivity index (χ2v) is 16.0. The third-order valence-electron chi connectivity index (χ3n) is 10.6. The lowest BCUT2D eigenvalue weighted by Crippen LogP contribution is -2.15. The maximum absolute atomic E-state index is 6.55. The van der Waals surface area contributed by atoms with Gasteiger partial charge in [-0.2, -0.15) is 0 Å². The number of hydrogen-bond donors (Lipinski definition) is 0. The van der Waals surface area contributed by atoms with Crippen LogP contribution in [0.3, 0.4) is 0 Å². The SMILES string of the molecule is CC(C)(C)c1ccc(N(c2ccc3c(c2)oc2ccccc23)c2ccc3ccccc3c2-c2cccc3c2sc2ccccc23)c(-c2ccccc2)c1. The van der Waals surface area contributed by atoms with Crippen LogP contribution in [0.2, 0.25) is 0 Å². The summed E-state index contributed by atoms with van der Waals surface area (Å²) in [4.78, 5) is 2.47. The van der Waals surface area contributed by atoms with E-state index < -0.39 is 0 Å². The molecule has 0 bridgehead atoms. The van der Waals surface area contributed by atoms with E-state index in [0.717, 1.165) is 39.0 Å². The van der Waals surface area contributed by atoms with Crippen molar-refractivity contribution in [2.24, 2.45) is 0 Å². The quantitative estimate of drug-likeness (QED) is 0.178. The second kappa shape index (κ2) is 12.2. The highest BCUT2D eigenvalue weighted by molar-refractivity contribution is 7.26. The third-order valence-corrected chi connectivity index (χ3v) is 11.9. The van der Waals surface area contributed by atoms with Crippen molar-refractivity contribution < 1.29 is 4.42 Å². The predicted molar refractivity (Wildman–Crippen MR) is 228 cm³/mol. The Bertz CT molecular complexity index is 3000. The van der Waals surface area contributed by atoms with Crippen molar-refractivity contribution in [2.45, 2.75) is 26.2 Å². The molecule has 2 nitrogen and oxygen atoms in total. The van der Waals surface area contributed by atoms with Crippen LogP contribution in [0.4, 0.5) is 17.1 Å². The number of thiophene rings is 1. The molecular weight excluding hydrogens is 663 g/mol. The Hall–Kier alpha value is -6.16. The summed E-state index contributed by atoms with van der Waals surface area (Å²) in [5.41, 5.74) is 11.1. The highest BCUT2D eigenvalue weighted by atomic mass is 32.1. The van der Waals surface area contributed by atoms with Crippen molar-refractivity contribution >= 4 is 81.3 Å². The molecule has 0 saturated heterocycles. The fourth-order valence-corrected chi connectivity index (χ4v) is 9.20. The van der Waals surface area contributed by atoms with E-state index >= 15 is 0 Å². The average Bonchev–Trinajstić information content (AvgIpc) is 3.76. The standard InChI is InChI=1S/C50H37NOS/c1-50(2,3)34-25-29-43(42(30-34)32-14-5-4-6-15-32)51(35-26-27-38-37-18-9-11-22-45(37)52-46(38)31-35)44-28-24-33-16-7-8-17-36(33)48(44)41-21-13-20-40-39-19-10-12-23-47(39)53-49(40)41/h4-31H,1-3H3. The number of para-hydroxylation sites is 1. The van der Waals surface area contributed by atoms with E-state index in [2.05, 4.69) is 189 Å². The topological polar surface area (TPSA) is 16.4 Å². The molecule has 0 unspecified atom stereocenters. The fourth-order valence-electron chi connectivity index (χ4n) is 7.98. The van der Waals surface area contributed by atoms with Crippen LogP contribution in [0.15, 0.2) is 174 Å². The van der Waals surface area contributed by atoms with E-state index in [9.17, 15) is 0 Å². The lowest BCUT2D eigenvalue weighted by atomic mass is 9.84. The number of hydrogen-bond acceptors (Lipinski definition) is 3. The molecule has 10 rings (SSSR count). The molecule has 2 heterocycles. The predicted octanol–water partition coefficient (Wildman–Crippen LogP) is 15.2. The number of furan rings is 1. The van der Waals surface area contributed by atoms with Crippen molar-refractivity contribution in [3.8, 4) is 22.3 Å². The minimum atomic E-state index is -0.0228. The van der Waals surface area contributed by atoms with E-state index in [1.54, 1.807) is 0 Å². The van der Waals surface area contributed by atoms with Crippen molar-refractivity contribution in [1.82, 2.24) is 0 Å². The molecule has 0 atom stereocenters. The molecular formula is C50H37NOS. The van der Waals surface area contributed by atoms with Crippen LogP contribution < -0.4 is 4.90 Å². The lowest BCUT2D eigenvalue weighted by molar-refractivity contribution is 0.590. The summed E-state index contributed by atoms with van der Waals surface area (Å²) >= 11 is 1.88. The smallest absolute Gasteiger partial charge is 0.137 e. The Kier molecular flexibility index (Phi) is 7.28. The summed E-state index contributed by atoms with van der Waals surface area (Å²) in [6, 6.07) is 61.9. The molecule has 53 heavy (non-hydrogen) atoms. The molecule has 3 heteroatoms. The molecule has 0 fully saturated rings. The molecule has 8 aromatic carbocycles. The molecule has 0 radical (unpaired) electrons. The molecule has 0 aliphatic carbocycles. The van der Waals surface area contributed by atoms with E-state index in [4.69, 9.17) is 4.42 Å². The van der Waals surface area contributed by atoms with Gasteiger partial charge in [-0.3, -0.25) is 0 Å². The summed E-state index contributed by atoms with van der Waals surface area (Å²) in [7, 11) is 0. The van der Waals surface area contributed by atoms with Gasteiger partial charge in [0, 0.05) is 59.4 Å². The van der Waals surface area contributed by atoms with Gasteiger partial charge in [-0.1, -0.05) is 142 Å². The zero-order valence-electron chi connectivity index (χ0n) is 29.9. The number of rotatable bonds is 5. The molecule has 0 aliphatic rings. The van der Waals surface area contributed by atoms with Gasteiger partial charge in [0.05, 0.1) is 11.4 Å². The summed E-state index contributed by atoms with van der Waals surface area (Å²) in [6.07, 6.45) is 0. The zero-order chi connectivity index (χ0) is 35.7. The molecule has 0 saturated carbocycles. The number of fused-ring (bicyclic) bond motifs is 7. The van der Waals surface area contributed by atoms with Crippen LogP contribution in [0.5, 0.6) is 0 Å². The normalized spacial score (nSPS) is 12.1. The van der Waals surface area contributed by atoms with Gasteiger partial charge < -0.3 is 9.32 Å². The molecule has 0 spiro atoms. The Labute approximate surface area is 313 Å².